The second-order valence-electron chi connectivity index (χ2n) is 8.43. The van der Waals surface area contributed by atoms with E-state index in [1.165, 1.54) is 12.1 Å². The first-order valence-electron chi connectivity index (χ1n) is 12.4. The van der Waals surface area contributed by atoms with E-state index in [1.807, 2.05) is 45.0 Å². The molecule has 0 unspecified atom stereocenters. The van der Waals surface area contributed by atoms with Gasteiger partial charge in [0.05, 0.1) is 18.2 Å². The fourth-order valence-electron chi connectivity index (χ4n) is 3.60. The smallest absolute Gasteiger partial charge is 0.266 e. The summed E-state index contributed by atoms with van der Waals surface area (Å²) in [5, 5.41) is 15.3. The number of nitriles is 1. The van der Waals surface area contributed by atoms with E-state index < -0.39 is 5.91 Å². The molecule has 0 saturated heterocycles. The van der Waals surface area contributed by atoms with Gasteiger partial charge in [-0.15, -0.1) is 0 Å². The van der Waals surface area contributed by atoms with Crippen LogP contribution in [0.1, 0.15) is 30.5 Å². The summed E-state index contributed by atoms with van der Waals surface area (Å²) in [6, 6.07) is 17.5. The molecule has 0 fully saturated rings. The van der Waals surface area contributed by atoms with Crippen molar-refractivity contribution in [1.29, 1.82) is 5.26 Å². The van der Waals surface area contributed by atoms with E-state index in [4.69, 9.17) is 25.8 Å². The second kappa shape index (κ2) is 13.9. The van der Waals surface area contributed by atoms with Crippen LogP contribution < -0.4 is 24.8 Å². The molecule has 0 aliphatic heterocycles. The molecule has 0 atom stereocenters. The van der Waals surface area contributed by atoms with E-state index in [-0.39, 0.29) is 34.6 Å². The van der Waals surface area contributed by atoms with Gasteiger partial charge in [-0.25, -0.2) is 0 Å². The molecule has 9 heteroatoms. The maximum Gasteiger partial charge on any atom is 0.266 e. The predicted octanol–water partition coefficient (Wildman–Crippen LogP) is 6.32. The number of amides is 2. The third-order valence-electron chi connectivity index (χ3n) is 5.66. The van der Waals surface area contributed by atoms with Crippen molar-refractivity contribution in [2.45, 2.75) is 27.7 Å². The summed E-state index contributed by atoms with van der Waals surface area (Å²) in [7, 11) is 0. The van der Waals surface area contributed by atoms with Crippen molar-refractivity contribution in [1.82, 2.24) is 0 Å². The number of hydrogen-bond acceptors (Lipinski definition) is 6. The Morgan fingerprint density at radius 2 is 1.69 bits per heavy atom. The summed E-state index contributed by atoms with van der Waals surface area (Å²) in [6.07, 6.45) is 1.40. The van der Waals surface area contributed by atoms with Crippen molar-refractivity contribution in [2.75, 3.05) is 30.5 Å². The molecule has 2 amide bonds. The highest BCUT2D eigenvalue weighted by Crippen LogP contribution is 2.37. The summed E-state index contributed by atoms with van der Waals surface area (Å²) < 4.78 is 16.8. The number of nitrogens with one attached hydrogen (secondary N) is 2. The molecule has 0 radical (unpaired) electrons. The monoisotopic (exact) mass is 547 g/mol. The highest BCUT2D eigenvalue weighted by atomic mass is 35.5. The molecule has 202 valence electrons. The van der Waals surface area contributed by atoms with Gasteiger partial charge in [-0.2, -0.15) is 5.26 Å². The maximum absolute atomic E-state index is 12.7. The van der Waals surface area contributed by atoms with Gasteiger partial charge in [0, 0.05) is 11.4 Å². The summed E-state index contributed by atoms with van der Waals surface area (Å²) in [5.41, 5.74) is 3.56. The quantitative estimate of drug-likeness (QED) is 0.215. The highest BCUT2D eigenvalue weighted by molar-refractivity contribution is 6.32. The van der Waals surface area contributed by atoms with Crippen molar-refractivity contribution in [3.05, 3.63) is 81.9 Å². The molecule has 0 aliphatic carbocycles. The molecule has 0 heterocycles. The minimum absolute atomic E-state index is 0.135. The van der Waals surface area contributed by atoms with Crippen LogP contribution in [0.25, 0.3) is 6.08 Å². The fraction of sp³-hybridized carbons (Fsp3) is 0.233. The highest BCUT2D eigenvalue weighted by Gasteiger charge is 2.16. The number of carbonyl (C=O) groups excluding carboxylic acids is 2. The number of benzene rings is 3. The van der Waals surface area contributed by atoms with E-state index in [0.29, 0.717) is 35.9 Å². The van der Waals surface area contributed by atoms with E-state index in [9.17, 15) is 14.9 Å². The molecule has 2 N–H and O–H groups in total. The largest absolute Gasteiger partial charge is 0.494 e. The van der Waals surface area contributed by atoms with E-state index in [1.54, 1.807) is 37.3 Å². The molecule has 0 aromatic heterocycles. The van der Waals surface area contributed by atoms with Crippen LogP contribution in [-0.4, -0.2) is 31.6 Å². The number of halogens is 1. The Morgan fingerprint density at radius 1 is 0.974 bits per heavy atom. The number of ether oxygens (including phenoxy) is 3. The molecule has 39 heavy (non-hydrogen) atoms. The van der Waals surface area contributed by atoms with Crippen molar-refractivity contribution in [3.63, 3.8) is 0 Å². The minimum atomic E-state index is -0.584. The maximum atomic E-state index is 12.7. The zero-order valence-electron chi connectivity index (χ0n) is 22.3. The van der Waals surface area contributed by atoms with Crippen LogP contribution in [0.3, 0.4) is 0 Å². The number of hydrogen-bond donors (Lipinski definition) is 2. The standard InChI is InChI=1S/C30H30ClN3O5/c1-5-37-24-12-10-23(11-13-24)33-30(36)22(17-32)14-21-15-25(31)29(27(16-21)38-6-2)39-18-28(35)34-26-9-7-8-19(3)20(26)4/h7-16H,5-6,18H2,1-4H3,(H,33,36)(H,34,35)/b22-14+. The molecule has 3 aromatic rings. The van der Waals surface area contributed by atoms with Crippen LogP contribution in [0.2, 0.25) is 5.02 Å². The molecule has 8 nitrogen and oxygen atoms in total. The number of anilines is 2. The zero-order valence-corrected chi connectivity index (χ0v) is 23.0. The number of rotatable bonds is 11. The molecule has 0 saturated carbocycles. The Kier molecular flexibility index (Phi) is 10.4. The average molecular weight is 548 g/mol. The van der Waals surface area contributed by atoms with E-state index in [0.717, 1.165) is 11.1 Å². The molecule has 0 spiro atoms. The van der Waals surface area contributed by atoms with Gasteiger partial charge in [-0.1, -0.05) is 23.7 Å². The van der Waals surface area contributed by atoms with Crippen LogP contribution in [0.15, 0.2) is 60.2 Å². The van der Waals surface area contributed by atoms with E-state index >= 15 is 0 Å². The van der Waals surface area contributed by atoms with Crippen molar-refractivity contribution < 1.29 is 23.8 Å². The van der Waals surface area contributed by atoms with Gasteiger partial charge in [0.25, 0.3) is 11.8 Å². The minimum Gasteiger partial charge on any atom is -0.494 e. The summed E-state index contributed by atoms with van der Waals surface area (Å²) in [4.78, 5) is 25.3. The van der Waals surface area contributed by atoms with Gasteiger partial charge >= 0.3 is 0 Å². The lowest BCUT2D eigenvalue weighted by Crippen LogP contribution is -2.21. The molecule has 0 bridgehead atoms. The Morgan fingerprint density at radius 3 is 2.36 bits per heavy atom. The third kappa shape index (κ3) is 8.00. The normalized spacial score (nSPS) is 10.8. The molecule has 3 rings (SSSR count). The zero-order chi connectivity index (χ0) is 28.4. The molecule has 3 aromatic carbocycles. The third-order valence-corrected chi connectivity index (χ3v) is 5.94. The number of carbonyl (C=O) groups is 2. The van der Waals surface area contributed by atoms with Crippen molar-refractivity contribution in [2.24, 2.45) is 0 Å². The predicted molar refractivity (Wildman–Crippen MR) is 152 cm³/mol. The lowest BCUT2D eigenvalue weighted by Gasteiger charge is -2.15. The number of nitrogens with zero attached hydrogens (tertiary/aromatic N) is 1. The van der Waals surface area contributed by atoms with E-state index in [2.05, 4.69) is 10.6 Å². The van der Waals surface area contributed by atoms with Gasteiger partial charge in [-0.05, 0) is 92.9 Å². The lowest BCUT2D eigenvalue weighted by molar-refractivity contribution is -0.118. The van der Waals surface area contributed by atoms with Gasteiger partial charge in [0.2, 0.25) is 0 Å². The first-order chi connectivity index (χ1) is 18.7. The molecular weight excluding hydrogens is 518 g/mol. The first kappa shape index (κ1) is 29.1. The first-order valence-corrected chi connectivity index (χ1v) is 12.7. The van der Waals surface area contributed by atoms with Crippen LogP contribution >= 0.6 is 11.6 Å². The van der Waals surface area contributed by atoms with Gasteiger partial charge < -0.3 is 24.8 Å². The fourth-order valence-corrected chi connectivity index (χ4v) is 3.87. The van der Waals surface area contributed by atoms with Crippen molar-refractivity contribution >= 4 is 40.9 Å². The number of aryl methyl sites for hydroxylation is 1. The summed E-state index contributed by atoms with van der Waals surface area (Å²) in [5.74, 6) is 0.196. The second-order valence-corrected chi connectivity index (χ2v) is 8.84. The Balaban J connectivity index is 1.75. The van der Waals surface area contributed by atoms with Gasteiger partial charge in [-0.3, -0.25) is 9.59 Å². The Bertz CT molecular complexity index is 1410. The van der Waals surface area contributed by atoms with Crippen LogP contribution in [0, 0.1) is 25.2 Å². The summed E-state index contributed by atoms with van der Waals surface area (Å²) in [6.45, 7) is 8.10. The Labute approximate surface area is 233 Å². The average Bonchev–Trinajstić information content (AvgIpc) is 2.91. The van der Waals surface area contributed by atoms with Crippen LogP contribution in [0.4, 0.5) is 11.4 Å². The Hall–Kier alpha value is -4.48. The molecule has 0 aliphatic rings. The lowest BCUT2D eigenvalue weighted by atomic mass is 10.1. The van der Waals surface area contributed by atoms with Gasteiger partial charge in [0.1, 0.15) is 17.4 Å². The van der Waals surface area contributed by atoms with Crippen molar-refractivity contribution in [3.8, 4) is 23.3 Å². The van der Waals surface area contributed by atoms with Gasteiger partial charge in [0.15, 0.2) is 18.1 Å². The topological polar surface area (TPSA) is 110 Å². The summed E-state index contributed by atoms with van der Waals surface area (Å²) >= 11 is 6.48. The SMILES string of the molecule is CCOc1ccc(NC(=O)/C(C#N)=C/c2cc(Cl)c(OCC(=O)Nc3cccc(C)c3C)c(OCC)c2)cc1. The molecular formula is C30H30ClN3O5. The van der Waals surface area contributed by atoms with Crippen LogP contribution in [0.5, 0.6) is 17.2 Å². The van der Waals surface area contributed by atoms with Crippen LogP contribution in [-0.2, 0) is 9.59 Å².